The number of anilines is 1. The lowest BCUT2D eigenvalue weighted by Gasteiger charge is -2.22. The maximum atomic E-state index is 11.9. The van der Waals surface area contributed by atoms with Crippen LogP contribution in [0.1, 0.15) is 26.5 Å². The van der Waals surface area contributed by atoms with Gasteiger partial charge in [-0.25, -0.2) is 0 Å². The number of rotatable bonds is 2. The van der Waals surface area contributed by atoms with Gasteiger partial charge in [0.1, 0.15) is 11.8 Å². The normalized spacial score (nSPS) is 19.6. The van der Waals surface area contributed by atoms with Crippen LogP contribution < -0.4 is 10.6 Å². The highest BCUT2D eigenvalue weighted by Gasteiger charge is 2.24. The monoisotopic (exact) mass is 289 g/mol. The van der Waals surface area contributed by atoms with Gasteiger partial charge in [-0.15, -0.1) is 12.4 Å². The first-order chi connectivity index (χ1) is 8.47. The van der Waals surface area contributed by atoms with E-state index in [4.69, 9.17) is 9.26 Å². The molecule has 1 fully saturated rings. The Balaban J connectivity index is 0.00000180. The van der Waals surface area contributed by atoms with E-state index >= 15 is 0 Å². The first kappa shape index (κ1) is 15.9. The highest BCUT2D eigenvalue weighted by atomic mass is 35.5. The zero-order valence-electron chi connectivity index (χ0n) is 11.4. The Morgan fingerprint density at radius 1 is 1.53 bits per heavy atom. The molecule has 1 aliphatic rings. The number of carbonyl (C=O) groups excluding carboxylic acids is 1. The number of ether oxygens (including phenoxy) is 1. The molecule has 19 heavy (non-hydrogen) atoms. The van der Waals surface area contributed by atoms with E-state index in [0.717, 1.165) is 5.76 Å². The van der Waals surface area contributed by atoms with Crippen molar-refractivity contribution in [3.63, 3.8) is 0 Å². The van der Waals surface area contributed by atoms with Crippen LogP contribution in [0, 0.1) is 0 Å². The molecule has 1 aromatic heterocycles. The van der Waals surface area contributed by atoms with Crippen molar-refractivity contribution in [2.45, 2.75) is 32.2 Å². The summed E-state index contributed by atoms with van der Waals surface area (Å²) < 4.78 is 10.4. The van der Waals surface area contributed by atoms with Gasteiger partial charge in [0.05, 0.1) is 13.2 Å². The van der Waals surface area contributed by atoms with Crippen LogP contribution >= 0.6 is 12.4 Å². The minimum atomic E-state index is -0.325. The van der Waals surface area contributed by atoms with E-state index in [1.165, 1.54) is 0 Å². The fourth-order valence-electron chi connectivity index (χ4n) is 1.63. The minimum Gasteiger partial charge on any atom is -0.378 e. The third-order valence-corrected chi connectivity index (χ3v) is 2.74. The summed E-state index contributed by atoms with van der Waals surface area (Å²) in [5, 5.41) is 9.64. The Labute approximate surface area is 118 Å². The smallest absolute Gasteiger partial charge is 0.245 e. The molecule has 0 saturated carbocycles. The van der Waals surface area contributed by atoms with Crippen LogP contribution in [0.4, 0.5) is 5.82 Å². The molecule has 6 nitrogen and oxygen atoms in total. The van der Waals surface area contributed by atoms with Crippen LogP contribution in [-0.4, -0.2) is 36.9 Å². The van der Waals surface area contributed by atoms with E-state index in [-0.39, 0.29) is 29.8 Å². The SMILES string of the molecule is CC(C)(C)c1cc(NC(=O)C2COCCN2)no1.Cl. The Morgan fingerprint density at radius 3 is 2.79 bits per heavy atom. The van der Waals surface area contributed by atoms with E-state index in [1.54, 1.807) is 6.07 Å². The number of morpholine rings is 1. The molecule has 7 heteroatoms. The van der Waals surface area contributed by atoms with Gasteiger partial charge < -0.3 is 19.9 Å². The van der Waals surface area contributed by atoms with Crippen molar-refractivity contribution in [1.82, 2.24) is 10.5 Å². The van der Waals surface area contributed by atoms with Crippen molar-refractivity contribution in [2.24, 2.45) is 0 Å². The number of hydrogen-bond donors (Lipinski definition) is 2. The van der Waals surface area contributed by atoms with E-state index in [0.29, 0.717) is 25.6 Å². The molecular formula is C12H20ClN3O3. The van der Waals surface area contributed by atoms with E-state index in [2.05, 4.69) is 15.8 Å². The summed E-state index contributed by atoms with van der Waals surface area (Å²) in [5.41, 5.74) is -0.123. The third-order valence-electron chi connectivity index (χ3n) is 2.74. The van der Waals surface area contributed by atoms with Gasteiger partial charge in [0.25, 0.3) is 0 Å². The van der Waals surface area contributed by atoms with Gasteiger partial charge in [-0.2, -0.15) is 0 Å². The summed E-state index contributed by atoms with van der Waals surface area (Å²) in [6, 6.07) is 1.43. The molecule has 1 saturated heterocycles. The van der Waals surface area contributed by atoms with Gasteiger partial charge in [0.15, 0.2) is 5.82 Å². The van der Waals surface area contributed by atoms with Crippen LogP contribution in [0.15, 0.2) is 10.6 Å². The second-order valence-electron chi connectivity index (χ2n) is 5.40. The second-order valence-corrected chi connectivity index (χ2v) is 5.40. The molecule has 1 aromatic rings. The molecule has 0 spiro atoms. The highest BCUT2D eigenvalue weighted by Crippen LogP contribution is 2.24. The van der Waals surface area contributed by atoms with E-state index in [9.17, 15) is 4.79 Å². The van der Waals surface area contributed by atoms with Gasteiger partial charge in [0, 0.05) is 18.0 Å². The van der Waals surface area contributed by atoms with Crippen molar-refractivity contribution in [2.75, 3.05) is 25.1 Å². The molecule has 0 aromatic carbocycles. The largest absolute Gasteiger partial charge is 0.378 e. The average Bonchev–Trinajstić information content (AvgIpc) is 2.78. The predicted octanol–water partition coefficient (Wildman–Crippen LogP) is 1.32. The number of aromatic nitrogens is 1. The second kappa shape index (κ2) is 6.36. The number of carbonyl (C=O) groups is 1. The van der Waals surface area contributed by atoms with Crippen LogP contribution in [0.5, 0.6) is 0 Å². The third kappa shape index (κ3) is 4.19. The first-order valence-electron chi connectivity index (χ1n) is 6.06. The molecule has 2 N–H and O–H groups in total. The average molecular weight is 290 g/mol. The van der Waals surface area contributed by atoms with E-state index < -0.39 is 0 Å². The molecule has 2 heterocycles. The molecule has 108 valence electrons. The lowest BCUT2D eigenvalue weighted by atomic mass is 9.93. The van der Waals surface area contributed by atoms with Gasteiger partial charge >= 0.3 is 0 Å². The van der Waals surface area contributed by atoms with Crippen molar-refractivity contribution in [3.05, 3.63) is 11.8 Å². The van der Waals surface area contributed by atoms with Crippen LogP contribution in [0.25, 0.3) is 0 Å². The van der Waals surface area contributed by atoms with Crippen molar-refractivity contribution < 1.29 is 14.1 Å². The Hall–Kier alpha value is -1.11. The Kier molecular flexibility index (Phi) is 5.34. The number of nitrogens with zero attached hydrogens (tertiary/aromatic N) is 1. The molecule has 0 radical (unpaired) electrons. The lowest BCUT2D eigenvalue weighted by molar-refractivity contribution is -0.120. The quantitative estimate of drug-likeness (QED) is 0.859. The van der Waals surface area contributed by atoms with Crippen LogP contribution in [0.2, 0.25) is 0 Å². The number of amides is 1. The molecule has 1 aliphatic heterocycles. The van der Waals surface area contributed by atoms with Gasteiger partial charge in [-0.05, 0) is 0 Å². The molecule has 2 rings (SSSR count). The molecular weight excluding hydrogens is 270 g/mol. The molecule has 1 amide bonds. The molecule has 0 bridgehead atoms. The minimum absolute atomic E-state index is 0. The number of nitrogens with one attached hydrogen (secondary N) is 2. The first-order valence-corrected chi connectivity index (χ1v) is 6.06. The zero-order valence-corrected chi connectivity index (χ0v) is 12.2. The summed E-state index contributed by atoms with van der Waals surface area (Å²) in [7, 11) is 0. The summed E-state index contributed by atoms with van der Waals surface area (Å²) in [5.74, 6) is 1.03. The maximum absolute atomic E-state index is 11.9. The van der Waals surface area contributed by atoms with Gasteiger partial charge in [-0.1, -0.05) is 25.9 Å². The topological polar surface area (TPSA) is 76.4 Å². The Bertz CT molecular complexity index is 422. The Morgan fingerprint density at radius 2 is 2.26 bits per heavy atom. The standard InChI is InChI=1S/C12H19N3O3.ClH/c1-12(2,3)9-6-10(15-18-9)14-11(16)8-7-17-5-4-13-8;/h6,8,13H,4-5,7H2,1-3H3,(H,14,15,16);1H. The fraction of sp³-hybridized carbons (Fsp3) is 0.667. The number of hydrogen-bond acceptors (Lipinski definition) is 5. The van der Waals surface area contributed by atoms with E-state index in [1.807, 2.05) is 20.8 Å². The van der Waals surface area contributed by atoms with Crippen LogP contribution in [0.3, 0.4) is 0 Å². The summed E-state index contributed by atoms with van der Waals surface area (Å²) >= 11 is 0. The number of halogens is 1. The molecule has 1 unspecified atom stereocenters. The van der Waals surface area contributed by atoms with Gasteiger partial charge in [0.2, 0.25) is 5.91 Å². The molecule has 1 atom stereocenters. The summed E-state index contributed by atoms with van der Waals surface area (Å²) in [6.07, 6.45) is 0. The predicted molar refractivity (Wildman–Crippen MR) is 73.7 cm³/mol. The van der Waals surface area contributed by atoms with Gasteiger partial charge in [-0.3, -0.25) is 4.79 Å². The molecule has 0 aliphatic carbocycles. The van der Waals surface area contributed by atoms with Crippen molar-refractivity contribution in [1.29, 1.82) is 0 Å². The fourth-order valence-corrected chi connectivity index (χ4v) is 1.63. The highest BCUT2D eigenvalue weighted by molar-refractivity contribution is 5.94. The van der Waals surface area contributed by atoms with Crippen molar-refractivity contribution in [3.8, 4) is 0 Å². The summed E-state index contributed by atoms with van der Waals surface area (Å²) in [6.45, 7) is 7.78. The zero-order chi connectivity index (χ0) is 13.2. The van der Waals surface area contributed by atoms with Crippen molar-refractivity contribution >= 4 is 24.1 Å². The maximum Gasteiger partial charge on any atom is 0.245 e. The summed E-state index contributed by atoms with van der Waals surface area (Å²) in [4.78, 5) is 11.9. The lowest BCUT2D eigenvalue weighted by Crippen LogP contribution is -2.48. The van der Waals surface area contributed by atoms with Crippen LogP contribution in [-0.2, 0) is 14.9 Å².